The van der Waals surface area contributed by atoms with Crippen molar-refractivity contribution >= 4 is 23.3 Å². The summed E-state index contributed by atoms with van der Waals surface area (Å²) < 4.78 is 0. The lowest BCUT2D eigenvalue weighted by Gasteiger charge is -2.19. The fourth-order valence-corrected chi connectivity index (χ4v) is 1.64. The first-order valence-electron chi connectivity index (χ1n) is 4.60. The Morgan fingerprint density at radius 3 is 3.07 bits per heavy atom. The molecule has 1 N–H and O–H groups in total. The van der Waals surface area contributed by atoms with Gasteiger partial charge in [-0.3, -0.25) is 9.69 Å². The van der Waals surface area contributed by atoms with Gasteiger partial charge in [0, 0.05) is 12.1 Å². The van der Waals surface area contributed by atoms with Crippen molar-refractivity contribution in [2.24, 2.45) is 0 Å². The van der Waals surface area contributed by atoms with Crippen LogP contribution in [0, 0.1) is 0 Å². The second-order valence-corrected chi connectivity index (χ2v) is 3.93. The summed E-state index contributed by atoms with van der Waals surface area (Å²) >= 11 is 5.95. The number of likely N-dealkylation sites (N-methyl/N-ethyl adjacent to an activating group) is 1. The fourth-order valence-electron chi connectivity index (χ4n) is 1.45. The third-order valence-corrected chi connectivity index (χ3v) is 2.91. The van der Waals surface area contributed by atoms with Gasteiger partial charge >= 0.3 is 0 Å². The Morgan fingerprint density at radius 2 is 2.33 bits per heavy atom. The molecule has 0 radical (unpaired) electrons. The van der Waals surface area contributed by atoms with Gasteiger partial charge in [-0.25, -0.2) is 9.97 Å². The third kappa shape index (κ3) is 1.80. The Bertz CT molecular complexity index is 409. The first kappa shape index (κ1) is 10.3. The van der Waals surface area contributed by atoms with E-state index < -0.39 is 0 Å². The Morgan fingerprint density at radius 1 is 1.60 bits per heavy atom. The lowest BCUT2D eigenvalue weighted by molar-refractivity contribution is -0.120. The van der Waals surface area contributed by atoms with Crippen molar-refractivity contribution in [1.82, 2.24) is 14.9 Å². The van der Waals surface area contributed by atoms with E-state index in [1.165, 1.54) is 6.33 Å². The van der Waals surface area contributed by atoms with Crippen LogP contribution in [0.3, 0.4) is 0 Å². The Hall–Kier alpha value is -1.20. The van der Waals surface area contributed by atoms with Gasteiger partial charge in [-0.05, 0) is 14.0 Å². The van der Waals surface area contributed by atoms with Gasteiger partial charge in [0.15, 0.2) is 0 Å². The molecule has 0 bridgehead atoms. The van der Waals surface area contributed by atoms with Crippen LogP contribution in [0.5, 0.6) is 0 Å². The largest absolute Gasteiger partial charge is 0.309 e. The molecule has 1 aliphatic rings. The van der Waals surface area contributed by atoms with E-state index in [1.54, 1.807) is 0 Å². The van der Waals surface area contributed by atoms with E-state index in [9.17, 15) is 4.79 Å². The van der Waals surface area contributed by atoms with Crippen LogP contribution in [0.2, 0.25) is 5.15 Å². The van der Waals surface area contributed by atoms with Crippen LogP contribution in [0.4, 0.5) is 5.82 Å². The molecule has 0 spiro atoms. The van der Waals surface area contributed by atoms with Crippen LogP contribution in [0.1, 0.15) is 12.5 Å². The minimum atomic E-state index is -0.199. The second-order valence-electron chi connectivity index (χ2n) is 3.57. The number of carbonyl (C=O) groups is 1. The molecule has 1 amide bonds. The predicted octanol–water partition coefficient (Wildman–Crippen LogP) is 0.902. The number of nitrogens with zero attached hydrogens (tertiary/aromatic N) is 3. The molecule has 0 aromatic carbocycles. The van der Waals surface area contributed by atoms with Crippen molar-refractivity contribution < 1.29 is 4.79 Å². The molecule has 5 nitrogen and oxygen atoms in total. The Kier molecular flexibility index (Phi) is 2.58. The molecule has 0 fully saturated rings. The van der Waals surface area contributed by atoms with Crippen molar-refractivity contribution in [2.75, 3.05) is 12.4 Å². The summed E-state index contributed by atoms with van der Waals surface area (Å²) in [7, 11) is 1.86. The topological polar surface area (TPSA) is 58.1 Å². The SMILES string of the molecule is CC1C(=O)Nc2ncnc(Cl)c2CN1C. The van der Waals surface area contributed by atoms with Crippen molar-refractivity contribution in [2.45, 2.75) is 19.5 Å². The first-order valence-corrected chi connectivity index (χ1v) is 4.98. The Labute approximate surface area is 92.5 Å². The Balaban J connectivity index is 2.46. The molecule has 0 saturated heterocycles. The number of nitrogens with one attached hydrogen (secondary N) is 1. The van der Waals surface area contributed by atoms with Crippen LogP contribution < -0.4 is 5.32 Å². The first-order chi connectivity index (χ1) is 7.09. The van der Waals surface area contributed by atoms with Crippen LogP contribution >= 0.6 is 11.6 Å². The minimum Gasteiger partial charge on any atom is -0.309 e. The van der Waals surface area contributed by atoms with Gasteiger partial charge in [-0.2, -0.15) is 0 Å². The van der Waals surface area contributed by atoms with Crippen molar-refractivity contribution in [1.29, 1.82) is 0 Å². The van der Waals surface area contributed by atoms with E-state index in [0.29, 0.717) is 17.5 Å². The minimum absolute atomic E-state index is 0.0778. The molecular weight excluding hydrogens is 216 g/mol. The zero-order valence-corrected chi connectivity index (χ0v) is 9.25. The molecular formula is C9H11ClN4O. The van der Waals surface area contributed by atoms with Crippen LogP contribution in [-0.2, 0) is 11.3 Å². The quantitative estimate of drug-likeness (QED) is 0.668. The molecule has 2 heterocycles. The molecule has 1 aliphatic heterocycles. The highest BCUT2D eigenvalue weighted by atomic mass is 35.5. The average Bonchev–Trinajstić information content (AvgIpc) is 2.30. The van der Waals surface area contributed by atoms with E-state index >= 15 is 0 Å². The lowest BCUT2D eigenvalue weighted by Crippen LogP contribution is -2.36. The molecule has 6 heteroatoms. The van der Waals surface area contributed by atoms with Gasteiger partial charge in [-0.1, -0.05) is 11.6 Å². The molecule has 2 rings (SSSR count). The summed E-state index contributed by atoms with van der Waals surface area (Å²) in [5.74, 6) is 0.433. The van der Waals surface area contributed by atoms with E-state index in [1.807, 2.05) is 18.9 Å². The molecule has 80 valence electrons. The number of carbonyl (C=O) groups excluding carboxylic acids is 1. The number of fused-ring (bicyclic) bond motifs is 1. The maximum atomic E-state index is 11.6. The zero-order valence-electron chi connectivity index (χ0n) is 8.49. The van der Waals surface area contributed by atoms with Crippen LogP contribution in [0.15, 0.2) is 6.33 Å². The van der Waals surface area contributed by atoms with E-state index in [2.05, 4.69) is 15.3 Å². The molecule has 15 heavy (non-hydrogen) atoms. The smallest absolute Gasteiger partial charge is 0.242 e. The molecule has 1 atom stereocenters. The standard InChI is InChI=1S/C9H11ClN4O/c1-5-9(15)13-8-6(3-14(5)2)7(10)11-4-12-8/h4-5H,3H2,1-2H3,(H,11,12,13,15). The number of rotatable bonds is 0. The maximum absolute atomic E-state index is 11.6. The van der Waals surface area contributed by atoms with Gasteiger partial charge in [0.2, 0.25) is 5.91 Å². The van der Waals surface area contributed by atoms with Gasteiger partial charge in [0.1, 0.15) is 17.3 Å². The van der Waals surface area contributed by atoms with Gasteiger partial charge in [0.25, 0.3) is 0 Å². The summed E-state index contributed by atoms with van der Waals surface area (Å²) in [5, 5.41) is 3.12. The lowest BCUT2D eigenvalue weighted by atomic mass is 10.2. The van der Waals surface area contributed by atoms with Gasteiger partial charge < -0.3 is 5.32 Å². The predicted molar refractivity (Wildman–Crippen MR) is 56.6 cm³/mol. The number of halogens is 1. The molecule has 1 unspecified atom stereocenters. The number of anilines is 1. The zero-order chi connectivity index (χ0) is 11.0. The highest BCUT2D eigenvalue weighted by molar-refractivity contribution is 6.30. The summed E-state index contributed by atoms with van der Waals surface area (Å²) in [6.07, 6.45) is 1.34. The van der Waals surface area contributed by atoms with Gasteiger partial charge in [0.05, 0.1) is 6.04 Å². The third-order valence-electron chi connectivity index (χ3n) is 2.58. The summed E-state index contributed by atoms with van der Waals surface area (Å²) in [6, 6.07) is -0.199. The van der Waals surface area contributed by atoms with Gasteiger partial charge in [-0.15, -0.1) is 0 Å². The van der Waals surface area contributed by atoms with Crippen molar-refractivity contribution in [3.63, 3.8) is 0 Å². The molecule has 1 aromatic heterocycles. The van der Waals surface area contributed by atoms with E-state index in [0.717, 1.165) is 5.56 Å². The van der Waals surface area contributed by atoms with E-state index in [4.69, 9.17) is 11.6 Å². The maximum Gasteiger partial charge on any atom is 0.242 e. The van der Waals surface area contributed by atoms with Crippen LogP contribution in [0.25, 0.3) is 0 Å². The monoisotopic (exact) mass is 226 g/mol. The summed E-state index contributed by atoms with van der Waals surface area (Å²) in [6.45, 7) is 2.40. The molecule has 1 aromatic rings. The second kappa shape index (κ2) is 3.75. The van der Waals surface area contributed by atoms with Crippen LogP contribution in [-0.4, -0.2) is 33.9 Å². The molecule has 0 aliphatic carbocycles. The normalized spacial score (nSPS) is 21.8. The highest BCUT2D eigenvalue weighted by Crippen LogP contribution is 2.24. The number of aromatic nitrogens is 2. The summed E-state index contributed by atoms with van der Waals surface area (Å²) in [5.41, 5.74) is 0.763. The van der Waals surface area contributed by atoms with Crippen molar-refractivity contribution in [3.05, 3.63) is 17.0 Å². The average molecular weight is 227 g/mol. The summed E-state index contributed by atoms with van der Waals surface area (Å²) in [4.78, 5) is 21.4. The number of hydrogen-bond donors (Lipinski definition) is 1. The number of amides is 1. The highest BCUT2D eigenvalue weighted by Gasteiger charge is 2.26. The van der Waals surface area contributed by atoms with E-state index in [-0.39, 0.29) is 11.9 Å². The van der Waals surface area contributed by atoms with Crippen molar-refractivity contribution in [3.8, 4) is 0 Å². The fraction of sp³-hybridized carbons (Fsp3) is 0.444. The number of hydrogen-bond acceptors (Lipinski definition) is 4. The molecule has 0 saturated carbocycles.